The van der Waals surface area contributed by atoms with Gasteiger partial charge < -0.3 is 14.8 Å². The summed E-state index contributed by atoms with van der Waals surface area (Å²) in [6.07, 6.45) is 0. The van der Waals surface area contributed by atoms with Crippen LogP contribution in [-0.4, -0.2) is 12.3 Å². The standard InChI is InChI=1S/C26H19NO3/c28-22(20-12-10-19(11-13-20)18-6-2-1-3-7-18)17-27-21-14-15-25-26(16-21)30-24-9-5-4-8-23(24)29-25/h1-16,27H,17H2. The zero-order chi connectivity index (χ0) is 20.3. The van der Waals surface area contributed by atoms with Crippen molar-refractivity contribution in [1.29, 1.82) is 0 Å². The van der Waals surface area contributed by atoms with Crippen molar-refractivity contribution in [3.05, 3.63) is 103 Å². The monoisotopic (exact) mass is 393 g/mol. The summed E-state index contributed by atoms with van der Waals surface area (Å²) >= 11 is 0. The minimum atomic E-state index is 0.0230. The number of rotatable bonds is 5. The summed E-state index contributed by atoms with van der Waals surface area (Å²) in [7, 11) is 0. The number of fused-ring (bicyclic) bond motifs is 2. The summed E-state index contributed by atoms with van der Waals surface area (Å²) in [5, 5.41) is 3.18. The minimum absolute atomic E-state index is 0.0230. The molecule has 5 rings (SSSR count). The Morgan fingerprint density at radius 1 is 0.633 bits per heavy atom. The molecule has 0 saturated carbocycles. The van der Waals surface area contributed by atoms with E-state index in [4.69, 9.17) is 9.47 Å². The maximum absolute atomic E-state index is 12.6. The molecular formula is C26H19NO3. The fourth-order valence-electron chi connectivity index (χ4n) is 3.40. The molecule has 1 heterocycles. The number of ketones is 1. The third-order valence-corrected chi connectivity index (χ3v) is 5.00. The molecule has 4 aromatic carbocycles. The molecular weight excluding hydrogens is 374 g/mol. The second-order valence-electron chi connectivity index (χ2n) is 7.03. The van der Waals surface area contributed by atoms with E-state index in [-0.39, 0.29) is 12.3 Å². The fourth-order valence-corrected chi connectivity index (χ4v) is 3.40. The number of carbonyl (C=O) groups is 1. The van der Waals surface area contributed by atoms with Crippen molar-refractivity contribution in [1.82, 2.24) is 0 Å². The lowest BCUT2D eigenvalue weighted by atomic mass is 10.0. The fraction of sp³-hybridized carbons (Fsp3) is 0.0385. The number of benzene rings is 4. The number of hydrogen-bond acceptors (Lipinski definition) is 4. The lowest BCUT2D eigenvalue weighted by Gasteiger charge is -2.21. The number of anilines is 1. The lowest BCUT2D eigenvalue weighted by Crippen LogP contribution is -2.14. The molecule has 0 unspecified atom stereocenters. The molecule has 0 saturated heterocycles. The van der Waals surface area contributed by atoms with Gasteiger partial charge in [-0.1, -0.05) is 66.7 Å². The van der Waals surface area contributed by atoms with Crippen LogP contribution < -0.4 is 14.8 Å². The highest BCUT2D eigenvalue weighted by Gasteiger charge is 2.18. The first-order valence-electron chi connectivity index (χ1n) is 9.78. The molecule has 0 atom stereocenters. The van der Waals surface area contributed by atoms with Crippen LogP contribution in [0.2, 0.25) is 0 Å². The predicted octanol–water partition coefficient (Wildman–Crippen LogP) is 6.55. The Labute approximate surface area is 174 Å². The zero-order valence-corrected chi connectivity index (χ0v) is 16.2. The van der Waals surface area contributed by atoms with Crippen molar-refractivity contribution < 1.29 is 14.3 Å². The average Bonchev–Trinajstić information content (AvgIpc) is 2.81. The molecule has 0 radical (unpaired) electrons. The van der Waals surface area contributed by atoms with Gasteiger partial charge in [0.2, 0.25) is 0 Å². The van der Waals surface area contributed by atoms with Crippen LogP contribution in [-0.2, 0) is 0 Å². The SMILES string of the molecule is O=C(CNc1ccc2c(c1)Oc1ccccc1O2)c1ccc(-c2ccccc2)cc1. The summed E-state index contributed by atoms with van der Waals surface area (Å²) < 4.78 is 11.8. The molecule has 0 fully saturated rings. The van der Waals surface area contributed by atoms with E-state index in [2.05, 4.69) is 17.4 Å². The third kappa shape index (κ3) is 3.63. The first-order valence-corrected chi connectivity index (χ1v) is 9.78. The van der Waals surface area contributed by atoms with Gasteiger partial charge in [-0.2, -0.15) is 0 Å². The van der Waals surface area contributed by atoms with Gasteiger partial charge in [0.05, 0.1) is 6.54 Å². The molecule has 4 nitrogen and oxygen atoms in total. The number of hydrogen-bond donors (Lipinski definition) is 1. The maximum atomic E-state index is 12.6. The normalized spacial score (nSPS) is 11.5. The Kier molecular flexibility index (Phi) is 4.66. The highest BCUT2D eigenvalue weighted by atomic mass is 16.6. The van der Waals surface area contributed by atoms with Crippen LogP contribution in [0.4, 0.5) is 5.69 Å². The van der Waals surface area contributed by atoms with Crippen LogP contribution in [0, 0.1) is 0 Å². The van der Waals surface area contributed by atoms with Gasteiger partial charge in [0.1, 0.15) is 0 Å². The summed E-state index contributed by atoms with van der Waals surface area (Å²) in [5.74, 6) is 2.67. The summed E-state index contributed by atoms with van der Waals surface area (Å²) in [5.41, 5.74) is 3.69. The van der Waals surface area contributed by atoms with E-state index in [0.29, 0.717) is 28.6 Å². The average molecular weight is 393 g/mol. The first-order chi connectivity index (χ1) is 14.8. The van der Waals surface area contributed by atoms with E-state index < -0.39 is 0 Å². The second kappa shape index (κ2) is 7.76. The smallest absolute Gasteiger partial charge is 0.181 e. The van der Waals surface area contributed by atoms with Crippen molar-refractivity contribution in [3.63, 3.8) is 0 Å². The van der Waals surface area contributed by atoms with Gasteiger partial charge in [-0.05, 0) is 35.4 Å². The zero-order valence-electron chi connectivity index (χ0n) is 16.2. The Morgan fingerprint density at radius 3 is 1.97 bits per heavy atom. The quantitative estimate of drug-likeness (QED) is 0.344. The summed E-state index contributed by atoms with van der Waals surface area (Å²) in [6, 6.07) is 30.9. The van der Waals surface area contributed by atoms with Gasteiger partial charge in [0.25, 0.3) is 0 Å². The lowest BCUT2D eigenvalue weighted by molar-refractivity contribution is 0.101. The molecule has 30 heavy (non-hydrogen) atoms. The van der Waals surface area contributed by atoms with Gasteiger partial charge in [-0.15, -0.1) is 0 Å². The third-order valence-electron chi connectivity index (χ3n) is 5.00. The van der Waals surface area contributed by atoms with E-state index in [9.17, 15) is 4.79 Å². The summed E-state index contributed by atoms with van der Waals surface area (Å²) in [6.45, 7) is 0.195. The molecule has 1 aliphatic heterocycles. The molecule has 146 valence electrons. The topological polar surface area (TPSA) is 47.6 Å². The first kappa shape index (κ1) is 18.0. The van der Waals surface area contributed by atoms with E-state index >= 15 is 0 Å². The molecule has 0 amide bonds. The van der Waals surface area contributed by atoms with E-state index in [1.807, 2.05) is 84.9 Å². The van der Waals surface area contributed by atoms with Crippen molar-refractivity contribution in [2.24, 2.45) is 0 Å². The van der Waals surface area contributed by atoms with Gasteiger partial charge in [-0.25, -0.2) is 0 Å². The molecule has 0 aromatic heterocycles. The molecule has 4 heteroatoms. The molecule has 1 N–H and O–H groups in total. The Bertz CT molecular complexity index is 1200. The van der Waals surface area contributed by atoms with Crippen LogP contribution >= 0.6 is 0 Å². The van der Waals surface area contributed by atoms with Crippen molar-refractivity contribution in [2.75, 3.05) is 11.9 Å². The maximum Gasteiger partial charge on any atom is 0.181 e. The number of carbonyl (C=O) groups excluding carboxylic acids is 1. The van der Waals surface area contributed by atoms with Gasteiger partial charge >= 0.3 is 0 Å². The number of para-hydroxylation sites is 2. The van der Waals surface area contributed by atoms with Crippen LogP contribution in [0.5, 0.6) is 23.0 Å². The van der Waals surface area contributed by atoms with Crippen molar-refractivity contribution >= 4 is 11.5 Å². The molecule has 0 aliphatic carbocycles. The van der Waals surface area contributed by atoms with E-state index in [0.717, 1.165) is 16.8 Å². The van der Waals surface area contributed by atoms with Crippen LogP contribution in [0.3, 0.4) is 0 Å². The van der Waals surface area contributed by atoms with Gasteiger partial charge in [0, 0.05) is 17.3 Å². The number of Topliss-reactive ketones (excluding diaryl/α,β-unsaturated/α-hetero) is 1. The van der Waals surface area contributed by atoms with E-state index in [1.165, 1.54) is 0 Å². The largest absolute Gasteiger partial charge is 0.450 e. The van der Waals surface area contributed by atoms with Crippen LogP contribution in [0.1, 0.15) is 10.4 Å². The van der Waals surface area contributed by atoms with Crippen LogP contribution in [0.15, 0.2) is 97.1 Å². The summed E-state index contributed by atoms with van der Waals surface area (Å²) in [4.78, 5) is 12.6. The predicted molar refractivity (Wildman–Crippen MR) is 118 cm³/mol. The van der Waals surface area contributed by atoms with E-state index in [1.54, 1.807) is 0 Å². The molecule has 1 aliphatic rings. The number of ether oxygens (including phenoxy) is 2. The van der Waals surface area contributed by atoms with Crippen molar-refractivity contribution in [2.45, 2.75) is 0 Å². The van der Waals surface area contributed by atoms with Gasteiger partial charge in [-0.3, -0.25) is 4.79 Å². The Balaban J connectivity index is 1.25. The van der Waals surface area contributed by atoms with Gasteiger partial charge in [0.15, 0.2) is 28.8 Å². The van der Waals surface area contributed by atoms with Crippen molar-refractivity contribution in [3.8, 4) is 34.1 Å². The second-order valence-corrected chi connectivity index (χ2v) is 7.03. The molecule has 4 aromatic rings. The highest BCUT2D eigenvalue weighted by molar-refractivity contribution is 5.99. The Morgan fingerprint density at radius 2 is 1.23 bits per heavy atom. The molecule has 0 spiro atoms. The minimum Gasteiger partial charge on any atom is -0.450 e. The highest BCUT2D eigenvalue weighted by Crippen LogP contribution is 2.45. The Hall–Kier alpha value is -4.05. The van der Waals surface area contributed by atoms with Crippen LogP contribution in [0.25, 0.3) is 11.1 Å². The molecule has 0 bridgehead atoms. The number of nitrogens with one attached hydrogen (secondary N) is 1.